The summed E-state index contributed by atoms with van der Waals surface area (Å²) in [5.74, 6) is 1.44. The second-order valence-electron chi connectivity index (χ2n) is 7.26. The Bertz CT molecular complexity index is 1090. The number of unbranched alkanes of at least 4 members (excludes halogenated alkanes) is 2. The fourth-order valence-electron chi connectivity index (χ4n) is 3.27. The number of hydrogen-bond acceptors (Lipinski definition) is 7. The summed E-state index contributed by atoms with van der Waals surface area (Å²) in [6.07, 6.45) is 2.71. The van der Waals surface area contributed by atoms with Crippen molar-refractivity contribution >= 4 is 28.8 Å². The Morgan fingerprint density at radius 1 is 1.03 bits per heavy atom. The van der Waals surface area contributed by atoms with Crippen LogP contribution in [0, 0.1) is 0 Å². The standard InChI is InChI=1S/C24H29N3O6/c1-4-32-22(28)8-6-5-7-13-25-24(29)27-18-14-16(9-11-20(18)31-3)23-26-19-15-17(30-2)10-12-21(19)33-23/h9-12,14-15H,4-8,13H2,1-3H3,(H2,25,27,29). The van der Waals surface area contributed by atoms with Crippen molar-refractivity contribution in [2.45, 2.75) is 32.6 Å². The first kappa shape index (κ1) is 23.9. The molecule has 0 saturated carbocycles. The number of nitrogens with zero attached hydrogens (tertiary/aromatic N) is 1. The van der Waals surface area contributed by atoms with E-state index in [0.717, 1.165) is 19.3 Å². The number of carbonyl (C=O) groups is 2. The number of fused-ring (bicyclic) bond motifs is 1. The molecule has 1 aromatic heterocycles. The van der Waals surface area contributed by atoms with E-state index in [9.17, 15) is 9.59 Å². The maximum absolute atomic E-state index is 12.4. The van der Waals surface area contributed by atoms with Crippen molar-refractivity contribution in [1.29, 1.82) is 0 Å². The normalized spacial score (nSPS) is 10.6. The van der Waals surface area contributed by atoms with Crippen LogP contribution in [0.5, 0.6) is 11.5 Å². The van der Waals surface area contributed by atoms with Crippen molar-refractivity contribution in [2.24, 2.45) is 0 Å². The quantitative estimate of drug-likeness (QED) is 0.317. The number of ether oxygens (including phenoxy) is 3. The molecule has 9 nitrogen and oxygen atoms in total. The van der Waals surface area contributed by atoms with Crippen LogP contribution in [0.25, 0.3) is 22.6 Å². The summed E-state index contributed by atoms with van der Waals surface area (Å²) in [5.41, 5.74) is 2.50. The smallest absolute Gasteiger partial charge is 0.319 e. The molecule has 0 aliphatic rings. The van der Waals surface area contributed by atoms with Gasteiger partial charge in [-0.15, -0.1) is 0 Å². The molecule has 176 valence electrons. The predicted octanol–water partition coefficient (Wildman–Crippen LogP) is 4.76. The monoisotopic (exact) mass is 455 g/mol. The van der Waals surface area contributed by atoms with E-state index in [1.807, 2.05) is 6.07 Å². The number of nitrogens with one attached hydrogen (secondary N) is 2. The van der Waals surface area contributed by atoms with Gasteiger partial charge in [0.15, 0.2) is 5.58 Å². The van der Waals surface area contributed by atoms with Crippen LogP contribution in [0.15, 0.2) is 40.8 Å². The van der Waals surface area contributed by atoms with Gasteiger partial charge in [0, 0.05) is 24.6 Å². The summed E-state index contributed by atoms with van der Waals surface area (Å²) in [6.45, 7) is 2.67. The molecular formula is C24H29N3O6. The molecule has 2 amide bonds. The predicted molar refractivity (Wildman–Crippen MR) is 125 cm³/mol. The molecule has 3 aromatic rings. The van der Waals surface area contributed by atoms with E-state index in [1.165, 1.54) is 7.11 Å². The Morgan fingerprint density at radius 3 is 2.64 bits per heavy atom. The summed E-state index contributed by atoms with van der Waals surface area (Å²) in [5, 5.41) is 5.63. The number of benzene rings is 2. The van der Waals surface area contributed by atoms with Gasteiger partial charge in [-0.3, -0.25) is 4.79 Å². The molecule has 0 unspecified atom stereocenters. The lowest BCUT2D eigenvalue weighted by molar-refractivity contribution is -0.143. The van der Waals surface area contributed by atoms with Gasteiger partial charge < -0.3 is 29.3 Å². The van der Waals surface area contributed by atoms with Gasteiger partial charge in [-0.25, -0.2) is 9.78 Å². The van der Waals surface area contributed by atoms with Crippen molar-refractivity contribution in [1.82, 2.24) is 10.3 Å². The van der Waals surface area contributed by atoms with Crippen LogP contribution in [0.1, 0.15) is 32.6 Å². The molecule has 0 atom stereocenters. The zero-order chi connectivity index (χ0) is 23.6. The number of urea groups is 1. The molecule has 0 saturated heterocycles. The molecule has 2 N–H and O–H groups in total. The lowest BCUT2D eigenvalue weighted by atomic mass is 10.2. The molecule has 1 heterocycles. The second kappa shape index (κ2) is 11.8. The highest BCUT2D eigenvalue weighted by Gasteiger charge is 2.14. The summed E-state index contributed by atoms with van der Waals surface area (Å²) in [6, 6.07) is 10.4. The highest BCUT2D eigenvalue weighted by Crippen LogP contribution is 2.32. The molecular weight excluding hydrogens is 426 g/mol. The number of amides is 2. The number of methoxy groups -OCH3 is 2. The Labute approximate surface area is 192 Å². The first-order chi connectivity index (χ1) is 16.0. The zero-order valence-electron chi connectivity index (χ0n) is 19.1. The first-order valence-electron chi connectivity index (χ1n) is 10.9. The third kappa shape index (κ3) is 6.61. The maximum Gasteiger partial charge on any atom is 0.319 e. The molecule has 0 radical (unpaired) electrons. The average Bonchev–Trinajstić information content (AvgIpc) is 3.24. The van der Waals surface area contributed by atoms with Gasteiger partial charge in [0.05, 0.1) is 26.5 Å². The Kier molecular flexibility index (Phi) is 8.51. The van der Waals surface area contributed by atoms with E-state index in [2.05, 4.69) is 15.6 Å². The minimum absolute atomic E-state index is 0.187. The average molecular weight is 456 g/mol. The first-order valence-corrected chi connectivity index (χ1v) is 10.9. The summed E-state index contributed by atoms with van der Waals surface area (Å²) < 4.78 is 21.4. The van der Waals surface area contributed by atoms with Gasteiger partial charge in [-0.2, -0.15) is 0 Å². The molecule has 33 heavy (non-hydrogen) atoms. The van der Waals surface area contributed by atoms with Crippen LogP contribution < -0.4 is 20.1 Å². The topological polar surface area (TPSA) is 112 Å². The van der Waals surface area contributed by atoms with E-state index in [1.54, 1.807) is 44.4 Å². The van der Waals surface area contributed by atoms with E-state index >= 15 is 0 Å². The number of oxazole rings is 1. The molecule has 9 heteroatoms. The van der Waals surface area contributed by atoms with Crippen molar-refractivity contribution in [3.63, 3.8) is 0 Å². The number of anilines is 1. The molecule has 0 aliphatic carbocycles. The highest BCUT2D eigenvalue weighted by atomic mass is 16.5. The number of rotatable bonds is 11. The fraction of sp³-hybridized carbons (Fsp3) is 0.375. The van der Waals surface area contributed by atoms with Crippen LogP contribution in [0.4, 0.5) is 10.5 Å². The number of esters is 1. The van der Waals surface area contributed by atoms with Gasteiger partial charge in [0.25, 0.3) is 0 Å². The molecule has 0 bridgehead atoms. The summed E-state index contributed by atoms with van der Waals surface area (Å²) >= 11 is 0. The largest absolute Gasteiger partial charge is 0.497 e. The fourth-order valence-corrected chi connectivity index (χ4v) is 3.27. The van der Waals surface area contributed by atoms with Gasteiger partial charge in [0.1, 0.15) is 17.0 Å². The van der Waals surface area contributed by atoms with Crippen LogP contribution in [0.2, 0.25) is 0 Å². The van der Waals surface area contributed by atoms with E-state index in [4.69, 9.17) is 18.6 Å². The van der Waals surface area contributed by atoms with Crippen molar-refractivity contribution in [2.75, 3.05) is 32.7 Å². The van der Waals surface area contributed by atoms with E-state index in [0.29, 0.717) is 59.3 Å². The van der Waals surface area contributed by atoms with Gasteiger partial charge in [-0.05, 0) is 50.1 Å². The van der Waals surface area contributed by atoms with Crippen LogP contribution in [0.3, 0.4) is 0 Å². The Balaban J connectivity index is 1.58. The Morgan fingerprint density at radius 2 is 1.88 bits per heavy atom. The zero-order valence-corrected chi connectivity index (χ0v) is 19.1. The molecule has 0 fully saturated rings. The highest BCUT2D eigenvalue weighted by molar-refractivity contribution is 5.92. The Hall–Kier alpha value is -3.75. The molecule has 0 aliphatic heterocycles. The molecule has 2 aromatic carbocycles. The van der Waals surface area contributed by atoms with Crippen LogP contribution in [-0.4, -0.2) is 44.4 Å². The lowest BCUT2D eigenvalue weighted by Gasteiger charge is -2.12. The van der Waals surface area contributed by atoms with Gasteiger partial charge >= 0.3 is 12.0 Å². The lowest BCUT2D eigenvalue weighted by Crippen LogP contribution is -2.29. The van der Waals surface area contributed by atoms with E-state index < -0.39 is 0 Å². The van der Waals surface area contributed by atoms with Crippen LogP contribution >= 0.6 is 0 Å². The minimum atomic E-state index is -0.349. The summed E-state index contributed by atoms with van der Waals surface area (Å²) in [7, 11) is 3.13. The van der Waals surface area contributed by atoms with Crippen molar-refractivity contribution in [3.8, 4) is 23.0 Å². The third-order valence-corrected chi connectivity index (χ3v) is 4.94. The van der Waals surface area contributed by atoms with Crippen molar-refractivity contribution < 1.29 is 28.2 Å². The van der Waals surface area contributed by atoms with E-state index in [-0.39, 0.29) is 12.0 Å². The van der Waals surface area contributed by atoms with Gasteiger partial charge in [0.2, 0.25) is 5.89 Å². The molecule has 3 rings (SSSR count). The number of hydrogen-bond donors (Lipinski definition) is 2. The number of aromatic nitrogens is 1. The SMILES string of the molecule is CCOC(=O)CCCCCNC(=O)Nc1cc(-c2nc3cc(OC)ccc3o2)ccc1OC. The summed E-state index contributed by atoms with van der Waals surface area (Å²) in [4.78, 5) is 28.2. The third-order valence-electron chi connectivity index (χ3n) is 4.94. The minimum Gasteiger partial charge on any atom is -0.497 e. The van der Waals surface area contributed by atoms with Crippen molar-refractivity contribution in [3.05, 3.63) is 36.4 Å². The molecule has 0 spiro atoms. The second-order valence-corrected chi connectivity index (χ2v) is 7.26. The number of carbonyl (C=O) groups excluding carboxylic acids is 2. The van der Waals surface area contributed by atoms with Gasteiger partial charge in [-0.1, -0.05) is 6.42 Å². The maximum atomic E-state index is 12.4. The van der Waals surface area contributed by atoms with Crippen LogP contribution in [-0.2, 0) is 9.53 Å².